The Hall–Kier alpha value is -1.30. The molecule has 0 heterocycles. The van der Waals surface area contributed by atoms with E-state index in [1.165, 1.54) is 116 Å². The van der Waals surface area contributed by atoms with Crippen molar-refractivity contribution >= 4 is 0 Å². The SMILES string of the molecule is C=CC[C@H]1CC[C@H]([C@H]2CC[C@H](c3ccc([C@H]4CC[C@H]([C@H]5CC[C@H](CC=C)CC5)CC4)cc3)CC2)CC1. The van der Waals surface area contributed by atoms with Crippen molar-refractivity contribution in [3.8, 4) is 0 Å². The molecule has 4 aliphatic rings. The predicted octanol–water partition coefficient (Wildman–Crippen LogP) is 11.0. The molecule has 4 aliphatic carbocycles. The second-order valence-corrected chi connectivity index (χ2v) is 13.5. The lowest BCUT2D eigenvalue weighted by Crippen LogP contribution is -2.25. The summed E-state index contributed by atoms with van der Waals surface area (Å²) in [5.41, 5.74) is 3.27. The van der Waals surface area contributed by atoms with Crippen LogP contribution in [0.25, 0.3) is 0 Å². The Labute approximate surface area is 223 Å². The van der Waals surface area contributed by atoms with E-state index < -0.39 is 0 Å². The second-order valence-electron chi connectivity index (χ2n) is 13.5. The summed E-state index contributed by atoms with van der Waals surface area (Å²) in [6.07, 6.45) is 30.2. The minimum Gasteiger partial charge on any atom is -0.103 e. The lowest BCUT2D eigenvalue weighted by molar-refractivity contribution is 0.160. The first kappa shape index (κ1) is 26.3. The fourth-order valence-corrected chi connectivity index (χ4v) is 9.15. The van der Waals surface area contributed by atoms with Gasteiger partial charge in [-0.05, 0) is 174 Å². The molecule has 0 aromatic heterocycles. The van der Waals surface area contributed by atoms with Crippen molar-refractivity contribution < 1.29 is 0 Å². The van der Waals surface area contributed by atoms with Crippen LogP contribution in [0.4, 0.5) is 0 Å². The van der Waals surface area contributed by atoms with Gasteiger partial charge < -0.3 is 0 Å². The fraction of sp³-hybridized carbons (Fsp3) is 0.722. The van der Waals surface area contributed by atoms with Gasteiger partial charge in [-0.1, -0.05) is 36.4 Å². The van der Waals surface area contributed by atoms with Crippen LogP contribution >= 0.6 is 0 Å². The van der Waals surface area contributed by atoms with Crippen LogP contribution in [0.3, 0.4) is 0 Å². The van der Waals surface area contributed by atoms with Gasteiger partial charge in [0.25, 0.3) is 0 Å². The summed E-state index contributed by atoms with van der Waals surface area (Å²) in [5.74, 6) is 7.57. The smallest absolute Gasteiger partial charge is 0.0162 e. The maximum Gasteiger partial charge on any atom is -0.0162 e. The molecule has 198 valence electrons. The molecule has 0 bridgehead atoms. The van der Waals surface area contributed by atoms with Gasteiger partial charge in [0, 0.05) is 0 Å². The Kier molecular flexibility index (Phi) is 9.48. The maximum absolute atomic E-state index is 3.96. The summed E-state index contributed by atoms with van der Waals surface area (Å²) >= 11 is 0. The zero-order valence-corrected chi connectivity index (χ0v) is 23.2. The van der Waals surface area contributed by atoms with Gasteiger partial charge in [-0.2, -0.15) is 0 Å². The summed E-state index contributed by atoms with van der Waals surface area (Å²) in [6, 6.07) is 10.1. The highest BCUT2D eigenvalue weighted by Gasteiger charge is 2.32. The van der Waals surface area contributed by atoms with Gasteiger partial charge in [0.2, 0.25) is 0 Å². The molecule has 0 unspecified atom stereocenters. The Bertz CT molecular complexity index is 716. The molecule has 0 N–H and O–H groups in total. The van der Waals surface area contributed by atoms with E-state index in [1.54, 1.807) is 11.1 Å². The molecule has 1 aromatic carbocycles. The summed E-state index contributed by atoms with van der Waals surface area (Å²) in [6.45, 7) is 7.92. The molecule has 1 aromatic rings. The maximum atomic E-state index is 3.96. The van der Waals surface area contributed by atoms with E-state index in [1.807, 2.05) is 0 Å². The van der Waals surface area contributed by atoms with Crippen molar-refractivity contribution in [3.63, 3.8) is 0 Å². The Morgan fingerprint density at radius 1 is 0.444 bits per heavy atom. The minimum absolute atomic E-state index is 0.819. The van der Waals surface area contributed by atoms with Crippen LogP contribution in [0.1, 0.15) is 139 Å². The summed E-state index contributed by atoms with van der Waals surface area (Å²) in [5, 5.41) is 0. The van der Waals surface area contributed by atoms with Crippen LogP contribution in [0, 0.1) is 35.5 Å². The van der Waals surface area contributed by atoms with E-state index >= 15 is 0 Å². The molecular formula is C36H54. The van der Waals surface area contributed by atoms with Crippen molar-refractivity contribution in [3.05, 3.63) is 60.7 Å². The van der Waals surface area contributed by atoms with Gasteiger partial charge >= 0.3 is 0 Å². The first-order valence-electron chi connectivity index (χ1n) is 16.0. The van der Waals surface area contributed by atoms with Gasteiger partial charge in [-0.3, -0.25) is 0 Å². The Balaban J connectivity index is 1.04. The van der Waals surface area contributed by atoms with Gasteiger partial charge in [-0.15, -0.1) is 13.2 Å². The summed E-state index contributed by atoms with van der Waals surface area (Å²) in [4.78, 5) is 0. The van der Waals surface area contributed by atoms with Crippen molar-refractivity contribution in [1.82, 2.24) is 0 Å². The topological polar surface area (TPSA) is 0 Å². The van der Waals surface area contributed by atoms with E-state index in [2.05, 4.69) is 49.6 Å². The van der Waals surface area contributed by atoms with E-state index in [9.17, 15) is 0 Å². The first-order valence-corrected chi connectivity index (χ1v) is 16.0. The van der Waals surface area contributed by atoms with Gasteiger partial charge in [0.05, 0.1) is 0 Å². The Morgan fingerprint density at radius 3 is 1.00 bits per heavy atom. The molecule has 0 saturated heterocycles. The molecule has 4 fully saturated rings. The number of hydrogen-bond donors (Lipinski definition) is 0. The highest BCUT2D eigenvalue weighted by molar-refractivity contribution is 5.28. The molecule has 0 spiro atoms. The van der Waals surface area contributed by atoms with Gasteiger partial charge in [0.15, 0.2) is 0 Å². The lowest BCUT2D eigenvalue weighted by Gasteiger charge is -2.38. The third-order valence-electron chi connectivity index (χ3n) is 11.5. The van der Waals surface area contributed by atoms with Crippen LogP contribution < -0.4 is 0 Å². The minimum atomic E-state index is 0.819. The average Bonchev–Trinajstić information content (AvgIpc) is 2.95. The molecule has 0 radical (unpaired) electrons. The van der Waals surface area contributed by atoms with Crippen LogP contribution in [-0.2, 0) is 0 Å². The molecule has 0 nitrogen and oxygen atoms in total. The second kappa shape index (κ2) is 13.0. The average molecular weight is 487 g/mol. The van der Waals surface area contributed by atoms with Gasteiger partial charge in [-0.25, -0.2) is 0 Å². The third-order valence-corrected chi connectivity index (χ3v) is 11.5. The first-order chi connectivity index (χ1) is 17.7. The van der Waals surface area contributed by atoms with Crippen LogP contribution in [0.2, 0.25) is 0 Å². The summed E-state index contributed by atoms with van der Waals surface area (Å²) in [7, 11) is 0. The highest BCUT2D eigenvalue weighted by Crippen LogP contribution is 2.46. The van der Waals surface area contributed by atoms with E-state index in [4.69, 9.17) is 0 Å². The molecule has 5 rings (SSSR count). The molecule has 36 heavy (non-hydrogen) atoms. The number of hydrogen-bond acceptors (Lipinski definition) is 0. The quantitative estimate of drug-likeness (QED) is 0.320. The van der Waals surface area contributed by atoms with Crippen LogP contribution in [0.15, 0.2) is 49.6 Å². The van der Waals surface area contributed by atoms with Crippen molar-refractivity contribution in [1.29, 1.82) is 0 Å². The van der Waals surface area contributed by atoms with E-state index in [0.29, 0.717) is 0 Å². The van der Waals surface area contributed by atoms with Crippen molar-refractivity contribution in [2.45, 2.75) is 127 Å². The molecule has 0 amide bonds. The van der Waals surface area contributed by atoms with E-state index in [0.717, 1.165) is 47.3 Å². The zero-order valence-electron chi connectivity index (χ0n) is 23.2. The predicted molar refractivity (Wildman–Crippen MR) is 156 cm³/mol. The lowest BCUT2D eigenvalue weighted by atomic mass is 9.67. The Morgan fingerprint density at radius 2 is 0.722 bits per heavy atom. The fourth-order valence-electron chi connectivity index (χ4n) is 9.15. The van der Waals surface area contributed by atoms with Crippen LogP contribution in [0.5, 0.6) is 0 Å². The molecule has 0 atom stereocenters. The van der Waals surface area contributed by atoms with Crippen LogP contribution in [-0.4, -0.2) is 0 Å². The largest absolute Gasteiger partial charge is 0.103 e. The molecule has 4 saturated carbocycles. The highest BCUT2D eigenvalue weighted by atomic mass is 14.4. The molecular weight excluding hydrogens is 432 g/mol. The van der Waals surface area contributed by atoms with Crippen molar-refractivity contribution in [2.24, 2.45) is 35.5 Å². The monoisotopic (exact) mass is 486 g/mol. The van der Waals surface area contributed by atoms with E-state index in [-0.39, 0.29) is 0 Å². The zero-order chi connectivity index (χ0) is 24.7. The van der Waals surface area contributed by atoms with Crippen molar-refractivity contribution in [2.75, 3.05) is 0 Å². The normalized spacial score (nSPS) is 37.8. The van der Waals surface area contributed by atoms with Gasteiger partial charge in [0.1, 0.15) is 0 Å². The standard InChI is InChI=1S/C36H54/c1-3-5-27-7-11-29(12-8-27)31-15-19-33(20-16-31)35-23-25-36(26-24-35)34-21-17-32(18-22-34)30-13-9-28(6-4-2)10-14-30/h3-4,23-34H,1-2,5-22H2/t27-,28-,29-,30-,31-,32-,33-,34-. The number of allylic oxidation sites excluding steroid dienone is 2. The third kappa shape index (κ3) is 6.57. The summed E-state index contributed by atoms with van der Waals surface area (Å²) < 4.78 is 0. The molecule has 0 heteroatoms. The number of benzene rings is 1. The number of rotatable bonds is 8. The molecule has 0 aliphatic heterocycles.